The first-order valence-corrected chi connectivity index (χ1v) is 7.47. The van der Waals surface area contributed by atoms with E-state index in [1.165, 1.54) is 0 Å². The van der Waals surface area contributed by atoms with Gasteiger partial charge in [0, 0.05) is 6.54 Å². The molecule has 0 heterocycles. The summed E-state index contributed by atoms with van der Waals surface area (Å²) in [5.41, 5.74) is -0.332. The molecule has 0 aromatic heterocycles. The van der Waals surface area contributed by atoms with Gasteiger partial charge in [0.25, 0.3) is 0 Å². The number of aliphatic carboxylic acids is 1. The fourth-order valence-corrected chi connectivity index (χ4v) is 2.79. The second kappa shape index (κ2) is 5.99. The summed E-state index contributed by atoms with van der Waals surface area (Å²) in [6.45, 7) is 5.41. The third kappa shape index (κ3) is 3.78. The second-order valence-corrected chi connectivity index (χ2v) is 6.96. The first-order valence-electron chi connectivity index (χ1n) is 7.47. The molecule has 0 bridgehead atoms. The summed E-state index contributed by atoms with van der Waals surface area (Å²) < 4.78 is 5.15. The highest BCUT2D eigenvalue weighted by molar-refractivity contribution is 5.78. The molecule has 5 nitrogen and oxygen atoms in total. The topological polar surface area (TPSA) is 75.6 Å². The summed E-state index contributed by atoms with van der Waals surface area (Å²) in [6, 6.07) is 9.87. The van der Waals surface area contributed by atoms with Gasteiger partial charge in [-0.2, -0.15) is 0 Å². The number of rotatable bonds is 4. The molecule has 0 unspecified atom stereocenters. The molecular weight excluding hydrogens is 282 g/mol. The highest BCUT2D eigenvalue weighted by Gasteiger charge is 2.51. The minimum Gasteiger partial charge on any atom is -0.481 e. The van der Waals surface area contributed by atoms with Gasteiger partial charge in [0.05, 0.1) is 5.41 Å². The maximum absolute atomic E-state index is 11.7. The zero-order valence-electron chi connectivity index (χ0n) is 13.3. The van der Waals surface area contributed by atoms with Crippen LogP contribution in [0.25, 0.3) is 0 Å². The van der Waals surface area contributed by atoms with Gasteiger partial charge in [-0.15, -0.1) is 0 Å². The number of alkyl carbamates (subject to hydrolysis) is 1. The summed E-state index contributed by atoms with van der Waals surface area (Å²) in [5, 5.41) is 12.1. The average Bonchev–Trinajstić information content (AvgIpc) is 2.36. The molecule has 22 heavy (non-hydrogen) atoms. The van der Waals surface area contributed by atoms with Crippen LogP contribution < -0.4 is 5.32 Å². The molecule has 0 atom stereocenters. The van der Waals surface area contributed by atoms with E-state index < -0.39 is 23.1 Å². The number of carbonyl (C=O) groups is 2. The van der Waals surface area contributed by atoms with Gasteiger partial charge in [-0.05, 0) is 45.1 Å². The van der Waals surface area contributed by atoms with E-state index in [2.05, 4.69) is 5.32 Å². The normalized spacial score (nSPS) is 24.2. The molecule has 1 amide bonds. The van der Waals surface area contributed by atoms with E-state index in [0.717, 1.165) is 5.56 Å². The molecule has 1 aromatic carbocycles. The van der Waals surface area contributed by atoms with E-state index in [-0.39, 0.29) is 12.5 Å². The fourth-order valence-electron chi connectivity index (χ4n) is 2.79. The zero-order valence-corrected chi connectivity index (χ0v) is 13.3. The first-order chi connectivity index (χ1) is 10.2. The Kier molecular flexibility index (Phi) is 4.44. The molecule has 2 N–H and O–H groups in total. The maximum Gasteiger partial charge on any atom is 0.407 e. The lowest BCUT2D eigenvalue weighted by molar-refractivity contribution is -0.155. The van der Waals surface area contributed by atoms with Crippen molar-refractivity contribution in [1.29, 1.82) is 0 Å². The van der Waals surface area contributed by atoms with Gasteiger partial charge in [-0.3, -0.25) is 4.79 Å². The van der Waals surface area contributed by atoms with E-state index in [4.69, 9.17) is 4.74 Å². The predicted molar refractivity (Wildman–Crippen MR) is 82.7 cm³/mol. The monoisotopic (exact) mass is 305 g/mol. The molecule has 1 fully saturated rings. The van der Waals surface area contributed by atoms with Crippen LogP contribution in [-0.2, 0) is 9.53 Å². The lowest BCUT2D eigenvalue weighted by atomic mass is 9.60. The summed E-state index contributed by atoms with van der Waals surface area (Å²) in [7, 11) is 0. The van der Waals surface area contributed by atoms with Crippen molar-refractivity contribution in [2.75, 3.05) is 6.54 Å². The molecule has 0 saturated heterocycles. The molecule has 5 heteroatoms. The fraction of sp³-hybridized carbons (Fsp3) is 0.529. The molecule has 120 valence electrons. The van der Waals surface area contributed by atoms with Gasteiger partial charge in [0.2, 0.25) is 0 Å². The Bertz CT molecular complexity index is 542. The van der Waals surface area contributed by atoms with Gasteiger partial charge in [-0.25, -0.2) is 4.79 Å². The largest absolute Gasteiger partial charge is 0.481 e. The number of benzene rings is 1. The van der Waals surface area contributed by atoms with Gasteiger partial charge in [0.1, 0.15) is 5.60 Å². The second-order valence-electron chi connectivity index (χ2n) is 6.96. The van der Waals surface area contributed by atoms with E-state index in [1.54, 1.807) is 20.8 Å². The zero-order chi connectivity index (χ0) is 16.4. The highest BCUT2D eigenvalue weighted by Crippen LogP contribution is 2.51. The van der Waals surface area contributed by atoms with Crippen LogP contribution in [0.4, 0.5) is 4.79 Å². The lowest BCUT2D eigenvalue weighted by Crippen LogP contribution is -2.51. The average molecular weight is 305 g/mol. The van der Waals surface area contributed by atoms with Crippen molar-refractivity contribution >= 4 is 12.1 Å². The minimum absolute atomic E-state index is 0.0978. The highest BCUT2D eigenvalue weighted by atomic mass is 16.6. The standard InChI is InChI=1S/C17H23NO4/c1-16(2,3)22-15(21)18-11-17(14(19)20)9-13(10-17)12-7-5-4-6-8-12/h4-8,13H,9-11H2,1-3H3,(H,18,21)(H,19,20). The Morgan fingerprint density at radius 2 is 1.86 bits per heavy atom. The molecule has 0 aliphatic heterocycles. The molecular formula is C17H23NO4. The van der Waals surface area contributed by atoms with E-state index >= 15 is 0 Å². The predicted octanol–water partition coefficient (Wildman–Crippen LogP) is 3.16. The number of hydrogen-bond donors (Lipinski definition) is 2. The van der Waals surface area contributed by atoms with E-state index in [1.807, 2.05) is 30.3 Å². The van der Waals surface area contributed by atoms with E-state index in [0.29, 0.717) is 12.8 Å². The number of carbonyl (C=O) groups excluding carboxylic acids is 1. The third-order valence-electron chi connectivity index (χ3n) is 3.97. The van der Waals surface area contributed by atoms with Gasteiger partial charge >= 0.3 is 12.1 Å². The first kappa shape index (κ1) is 16.3. The third-order valence-corrected chi connectivity index (χ3v) is 3.97. The van der Waals surface area contributed by atoms with Crippen molar-refractivity contribution < 1.29 is 19.4 Å². The minimum atomic E-state index is -0.891. The van der Waals surface area contributed by atoms with Crippen LogP contribution in [-0.4, -0.2) is 29.3 Å². The lowest BCUT2D eigenvalue weighted by Gasteiger charge is -2.44. The Morgan fingerprint density at radius 1 is 1.27 bits per heavy atom. The van der Waals surface area contributed by atoms with Gasteiger partial charge in [0.15, 0.2) is 0 Å². The van der Waals surface area contributed by atoms with Crippen LogP contribution in [0, 0.1) is 5.41 Å². The van der Waals surface area contributed by atoms with Crippen LogP contribution in [0.5, 0.6) is 0 Å². The Labute approximate surface area is 130 Å². The van der Waals surface area contributed by atoms with Crippen LogP contribution in [0.3, 0.4) is 0 Å². The summed E-state index contributed by atoms with van der Waals surface area (Å²) in [6.07, 6.45) is 0.487. The molecule has 0 spiro atoms. The molecule has 2 rings (SSSR count). The van der Waals surface area contributed by atoms with Crippen LogP contribution in [0.15, 0.2) is 30.3 Å². The van der Waals surface area contributed by atoms with Crippen molar-refractivity contribution in [3.8, 4) is 0 Å². The number of carboxylic acids is 1. The summed E-state index contributed by atoms with van der Waals surface area (Å²) in [4.78, 5) is 23.3. The number of hydrogen-bond acceptors (Lipinski definition) is 3. The number of amides is 1. The maximum atomic E-state index is 11.7. The molecule has 1 aliphatic carbocycles. The van der Waals surface area contributed by atoms with Crippen LogP contribution in [0.1, 0.15) is 45.1 Å². The van der Waals surface area contributed by atoms with Crippen LogP contribution in [0.2, 0.25) is 0 Å². The van der Waals surface area contributed by atoms with Crippen LogP contribution >= 0.6 is 0 Å². The van der Waals surface area contributed by atoms with Crippen molar-refractivity contribution in [3.05, 3.63) is 35.9 Å². The van der Waals surface area contributed by atoms with Crippen molar-refractivity contribution in [1.82, 2.24) is 5.32 Å². The SMILES string of the molecule is CC(C)(C)OC(=O)NCC1(C(=O)O)CC(c2ccccc2)C1. The molecule has 0 radical (unpaired) electrons. The molecule has 1 aliphatic rings. The smallest absolute Gasteiger partial charge is 0.407 e. The Morgan fingerprint density at radius 3 is 2.36 bits per heavy atom. The molecule has 1 aromatic rings. The Hall–Kier alpha value is -2.04. The van der Waals surface area contributed by atoms with E-state index in [9.17, 15) is 14.7 Å². The Balaban J connectivity index is 1.93. The number of carboxylic acid groups (broad SMARTS) is 1. The molecule has 1 saturated carbocycles. The van der Waals surface area contributed by atoms with Gasteiger partial charge < -0.3 is 15.2 Å². The quantitative estimate of drug-likeness (QED) is 0.896. The van der Waals surface area contributed by atoms with Crippen molar-refractivity contribution in [2.24, 2.45) is 5.41 Å². The summed E-state index contributed by atoms with van der Waals surface area (Å²) >= 11 is 0. The number of ether oxygens (including phenoxy) is 1. The summed E-state index contributed by atoms with van der Waals surface area (Å²) in [5.74, 6) is -0.631. The van der Waals surface area contributed by atoms with Crippen molar-refractivity contribution in [2.45, 2.75) is 45.1 Å². The van der Waals surface area contributed by atoms with Gasteiger partial charge in [-0.1, -0.05) is 30.3 Å². The number of nitrogens with one attached hydrogen (secondary N) is 1. The van der Waals surface area contributed by atoms with Crippen molar-refractivity contribution in [3.63, 3.8) is 0 Å².